The first-order chi connectivity index (χ1) is 5.47. The minimum atomic E-state index is -0.462. The van der Waals surface area contributed by atoms with Crippen LogP contribution in [-0.4, -0.2) is 17.1 Å². The van der Waals surface area contributed by atoms with E-state index in [4.69, 9.17) is 9.31 Å². The second-order valence-corrected chi connectivity index (χ2v) is 1.98. The maximum atomic E-state index is 5.01. The second-order valence-electron chi connectivity index (χ2n) is 1.98. The average Bonchev–Trinajstić information content (AvgIpc) is 2.58. The van der Waals surface area contributed by atoms with Crippen LogP contribution in [0, 0.1) is 0 Å². The van der Waals surface area contributed by atoms with E-state index in [0.29, 0.717) is 5.72 Å². The molecule has 1 aromatic heterocycles. The van der Waals surface area contributed by atoms with E-state index in [1.54, 1.807) is 18.5 Å². The summed E-state index contributed by atoms with van der Waals surface area (Å²) in [6, 6.07) is 1.74. The molecule has 4 nitrogen and oxygen atoms in total. The van der Waals surface area contributed by atoms with E-state index in [2.05, 4.69) is 9.97 Å². The molecule has 54 valence electrons. The lowest BCUT2D eigenvalue weighted by molar-refractivity contribution is 0.420. The van der Waals surface area contributed by atoms with Crippen LogP contribution < -0.4 is 5.72 Å². The van der Waals surface area contributed by atoms with E-state index < -0.39 is 7.12 Å². The zero-order valence-corrected chi connectivity index (χ0v) is 5.68. The molecule has 5 heteroatoms. The minimum Gasteiger partial charge on any atom is -0.523 e. The molecule has 0 spiro atoms. The second kappa shape index (κ2) is 2.61. The van der Waals surface area contributed by atoms with Gasteiger partial charge in [-0.2, -0.15) is 0 Å². The van der Waals surface area contributed by atoms with E-state index in [9.17, 15) is 0 Å². The lowest BCUT2D eigenvalue weighted by Gasteiger charge is -2.00. The molecule has 1 aliphatic rings. The third-order valence-electron chi connectivity index (χ3n) is 1.26. The summed E-state index contributed by atoms with van der Waals surface area (Å²) in [6.07, 6.45) is 6.24. The number of hydrogen-bond donors (Lipinski definition) is 0. The predicted octanol–water partition coefficient (Wildman–Crippen LogP) is -0.310. The fourth-order valence-corrected chi connectivity index (χ4v) is 0.793. The van der Waals surface area contributed by atoms with Crippen LogP contribution in [-0.2, 0) is 9.31 Å². The summed E-state index contributed by atoms with van der Waals surface area (Å²) in [4.78, 5) is 7.92. The molecule has 1 aromatic rings. The Morgan fingerprint density at radius 1 is 1.09 bits per heavy atom. The Morgan fingerprint density at radius 2 is 1.73 bits per heavy atom. The molecule has 0 N–H and O–H groups in total. The van der Waals surface area contributed by atoms with Gasteiger partial charge in [-0.15, -0.1) is 0 Å². The quantitative estimate of drug-likeness (QED) is 0.512. The third kappa shape index (κ3) is 1.17. The van der Waals surface area contributed by atoms with Crippen LogP contribution in [0.1, 0.15) is 0 Å². The van der Waals surface area contributed by atoms with Crippen molar-refractivity contribution >= 4 is 12.8 Å². The summed E-state index contributed by atoms with van der Waals surface area (Å²) in [6.45, 7) is 0. The Kier molecular flexibility index (Phi) is 1.48. The SMILES string of the molecule is C1=COB(c2ncccn2)O1. The van der Waals surface area contributed by atoms with Gasteiger partial charge >= 0.3 is 7.12 Å². The monoisotopic (exact) mass is 148 g/mol. The normalized spacial score (nSPS) is 14.4. The molecule has 11 heavy (non-hydrogen) atoms. The van der Waals surface area contributed by atoms with Gasteiger partial charge < -0.3 is 9.31 Å². The molecule has 0 atom stereocenters. The van der Waals surface area contributed by atoms with Gasteiger partial charge in [-0.25, -0.2) is 9.97 Å². The standard InChI is InChI=1S/C6H5BN2O2/c1-2-8-6(9-3-1)7-10-4-5-11-7/h1-5H. The average molecular weight is 148 g/mol. The van der Waals surface area contributed by atoms with Crippen molar-refractivity contribution in [3.63, 3.8) is 0 Å². The molecule has 0 amide bonds. The Hall–Kier alpha value is -1.52. The van der Waals surface area contributed by atoms with Crippen molar-refractivity contribution in [2.75, 3.05) is 0 Å². The van der Waals surface area contributed by atoms with Crippen molar-refractivity contribution in [3.05, 3.63) is 31.0 Å². The Balaban J connectivity index is 2.17. The van der Waals surface area contributed by atoms with Gasteiger partial charge in [0.25, 0.3) is 0 Å². The van der Waals surface area contributed by atoms with Crippen LogP contribution in [0.5, 0.6) is 0 Å². The van der Waals surface area contributed by atoms with Crippen molar-refractivity contribution < 1.29 is 9.31 Å². The molecule has 0 unspecified atom stereocenters. The van der Waals surface area contributed by atoms with Crippen molar-refractivity contribution in [1.82, 2.24) is 9.97 Å². The molecule has 0 aliphatic carbocycles. The molecule has 0 saturated carbocycles. The molecule has 0 fully saturated rings. The number of nitrogens with zero attached hydrogens (tertiary/aromatic N) is 2. The topological polar surface area (TPSA) is 44.2 Å². The first kappa shape index (κ1) is 6.21. The summed E-state index contributed by atoms with van der Waals surface area (Å²) in [7, 11) is -0.462. The zero-order chi connectivity index (χ0) is 7.52. The van der Waals surface area contributed by atoms with Gasteiger partial charge in [-0.3, -0.25) is 0 Å². The molecule has 2 heterocycles. The number of hydrogen-bond acceptors (Lipinski definition) is 4. The number of rotatable bonds is 1. The molecule has 2 rings (SSSR count). The lowest BCUT2D eigenvalue weighted by Crippen LogP contribution is -2.36. The summed E-state index contributed by atoms with van der Waals surface area (Å²) in [5.41, 5.74) is 0.539. The lowest BCUT2D eigenvalue weighted by atomic mass is 9.89. The minimum absolute atomic E-state index is 0.462. The fourth-order valence-electron chi connectivity index (χ4n) is 0.793. The van der Waals surface area contributed by atoms with Gasteiger partial charge in [0.05, 0.1) is 12.5 Å². The van der Waals surface area contributed by atoms with Gasteiger partial charge in [-0.1, -0.05) is 0 Å². The van der Waals surface area contributed by atoms with E-state index in [1.165, 1.54) is 12.5 Å². The highest BCUT2D eigenvalue weighted by Gasteiger charge is 2.29. The molecule has 0 bridgehead atoms. The van der Waals surface area contributed by atoms with E-state index >= 15 is 0 Å². The maximum absolute atomic E-state index is 5.01. The zero-order valence-electron chi connectivity index (χ0n) is 5.68. The van der Waals surface area contributed by atoms with Crippen molar-refractivity contribution in [2.45, 2.75) is 0 Å². The summed E-state index contributed by atoms with van der Waals surface area (Å²) < 4.78 is 10.0. The Bertz CT molecular complexity index is 257. The molecule has 0 saturated heterocycles. The first-order valence-corrected chi connectivity index (χ1v) is 3.20. The van der Waals surface area contributed by atoms with Crippen LogP contribution in [0.25, 0.3) is 0 Å². The Morgan fingerprint density at radius 3 is 2.36 bits per heavy atom. The molecule has 0 aromatic carbocycles. The first-order valence-electron chi connectivity index (χ1n) is 3.20. The summed E-state index contributed by atoms with van der Waals surface area (Å²) in [5, 5.41) is 0. The van der Waals surface area contributed by atoms with Gasteiger partial charge in [0, 0.05) is 12.4 Å². The molecule has 0 radical (unpaired) electrons. The van der Waals surface area contributed by atoms with E-state index in [1.807, 2.05) is 0 Å². The molecule has 1 aliphatic heterocycles. The van der Waals surface area contributed by atoms with Gasteiger partial charge in [0.2, 0.25) is 0 Å². The van der Waals surface area contributed by atoms with Crippen molar-refractivity contribution in [1.29, 1.82) is 0 Å². The summed E-state index contributed by atoms with van der Waals surface area (Å²) in [5.74, 6) is 0. The third-order valence-corrected chi connectivity index (χ3v) is 1.26. The van der Waals surface area contributed by atoms with Gasteiger partial charge in [-0.05, 0) is 6.07 Å². The fraction of sp³-hybridized carbons (Fsp3) is 0. The van der Waals surface area contributed by atoms with E-state index in [-0.39, 0.29) is 0 Å². The highest BCUT2D eigenvalue weighted by Crippen LogP contribution is 1.97. The smallest absolute Gasteiger partial charge is 0.523 e. The predicted molar refractivity (Wildman–Crippen MR) is 38.7 cm³/mol. The van der Waals surface area contributed by atoms with Crippen molar-refractivity contribution in [2.24, 2.45) is 0 Å². The van der Waals surface area contributed by atoms with Gasteiger partial charge in [0.15, 0.2) is 5.72 Å². The molecular weight excluding hydrogens is 143 g/mol. The highest BCUT2D eigenvalue weighted by molar-refractivity contribution is 6.60. The summed E-state index contributed by atoms with van der Waals surface area (Å²) >= 11 is 0. The van der Waals surface area contributed by atoms with Crippen LogP contribution in [0.3, 0.4) is 0 Å². The van der Waals surface area contributed by atoms with Crippen LogP contribution >= 0.6 is 0 Å². The maximum Gasteiger partial charge on any atom is 0.672 e. The van der Waals surface area contributed by atoms with Crippen LogP contribution in [0.2, 0.25) is 0 Å². The number of aromatic nitrogens is 2. The highest BCUT2D eigenvalue weighted by atomic mass is 16.6. The van der Waals surface area contributed by atoms with Crippen molar-refractivity contribution in [3.8, 4) is 0 Å². The van der Waals surface area contributed by atoms with Gasteiger partial charge in [0.1, 0.15) is 0 Å². The van der Waals surface area contributed by atoms with Crippen LogP contribution in [0.15, 0.2) is 31.0 Å². The largest absolute Gasteiger partial charge is 0.672 e. The Labute approximate surface area is 64.0 Å². The van der Waals surface area contributed by atoms with Crippen LogP contribution in [0.4, 0.5) is 0 Å². The van der Waals surface area contributed by atoms with E-state index in [0.717, 1.165) is 0 Å². The molecular formula is C6H5BN2O2.